The first-order chi connectivity index (χ1) is 16.3. The maximum absolute atomic E-state index is 14.5. The number of hydrogen-bond donors (Lipinski definition) is 0. The molecule has 4 aliphatic rings. The molecule has 6 nitrogen and oxygen atoms in total. The maximum Gasteiger partial charge on any atom is 0.411 e. The van der Waals surface area contributed by atoms with Crippen LogP contribution in [0.4, 0.5) is 26.3 Å². The van der Waals surface area contributed by atoms with Crippen LogP contribution in [0.2, 0.25) is 0 Å². The van der Waals surface area contributed by atoms with Crippen molar-refractivity contribution in [2.75, 3.05) is 13.2 Å². The summed E-state index contributed by atoms with van der Waals surface area (Å²) in [5.74, 6) is -24.7. The van der Waals surface area contributed by atoms with Gasteiger partial charge in [-0.25, -0.2) is 14.4 Å². The molecule has 0 heterocycles. The van der Waals surface area contributed by atoms with E-state index >= 15 is 0 Å². The minimum atomic E-state index is -6.42. The molecular weight excluding hydrogens is 498 g/mol. The van der Waals surface area contributed by atoms with E-state index in [0.717, 1.165) is 19.3 Å². The monoisotopic (exact) mass is 528 g/mol. The lowest BCUT2D eigenvalue weighted by molar-refractivity contribution is -0.307. The van der Waals surface area contributed by atoms with Gasteiger partial charge in [0.1, 0.15) is 5.60 Å². The summed E-state index contributed by atoms with van der Waals surface area (Å²) < 4.78 is 100. The van der Waals surface area contributed by atoms with E-state index in [1.54, 1.807) is 0 Å². The maximum atomic E-state index is 14.5. The zero-order chi connectivity index (χ0) is 27.3. The zero-order valence-corrected chi connectivity index (χ0v) is 20.3. The molecule has 0 saturated heterocycles. The third-order valence-corrected chi connectivity index (χ3v) is 7.13. The molecule has 0 unspecified atom stereocenters. The molecule has 12 heteroatoms. The number of carbonyl (C=O) groups excluding carboxylic acids is 3. The first-order valence-corrected chi connectivity index (χ1v) is 11.7. The van der Waals surface area contributed by atoms with Gasteiger partial charge in [0.05, 0.1) is 13.2 Å². The quantitative estimate of drug-likeness (QED) is 0.170. The van der Waals surface area contributed by atoms with Crippen LogP contribution in [0.1, 0.15) is 59.3 Å². The SMILES string of the molecule is C=C(C)C(=O)OCC(C)(C)COC(=O)C(F)(F)C(F)(F)C(F)(F)C(=O)OC12CC3CC(CC(C3)C1)C2. The molecule has 0 aromatic heterocycles. The van der Waals surface area contributed by atoms with Crippen molar-refractivity contribution >= 4 is 17.9 Å². The fourth-order valence-corrected chi connectivity index (χ4v) is 5.65. The van der Waals surface area contributed by atoms with Crippen LogP contribution in [-0.4, -0.2) is 54.5 Å². The molecule has 4 fully saturated rings. The van der Waals surface area contributed by atoms with Gasteiger partial charge in [0.2, 0.25) is 0 Å². The number of ether oxygens (including phenoxy) is 3. The fourth-order valence-electron chi connectivity index (χ4n) is 5.65. The Hall–Kier alpha value is -2.27. The predicted octanol–water partition coefficient (Wildman–Crippen LogP) is 5.09. The van der Waals surface area contributed by atoms with E-state index in [0.29, 0.717) is 0 Å². The number of halogens is 6. The second-order valence-electron chi connectivity index (χ2n) is 11.3. The number of carbonyl (C=O) groups is 3. The molecule has 4 saturated carbocycles. The summed E-state index contributed by atoms with van der Waals surface area (Å²) in [5, 5.41) is 0. The molecule has 0 aromatic carbocycles. The minimum absolute atomic E-state index is 0.0247. The van der Waals surface area contributed by atoms with Gasteiger partial charge >= 0.3 is 35.7 Å². The van der Waals surface area contributed by atoms with Crippen LogP contribution in [0.25, 0.3) is 0 Å². The summed E-state index contributed by atoms with van der Waals surface area (Å²) in [5.41, 5.74) is -2.69. The largest absolute Gasteiger partial charge is 0.462 e. The Kier molecular flexibility index (Phi) is 7.26. The van der Waals surface area contributed by atoms with Gasteiger partial charge in [-0.05, 0) is 63.2 Å². The van der Waals surface area contributed by atoms with Crippen molar-refractivity contribution in [1.29, 1.82) is 0 Å². The average molecular weight is 528 g/mol. The molecular formula is C24H30F6O6. The molecule has 4 aliphatic carbocycles. The number of esters is 3. The molecule has 204 valence electrons. The summed E-state index contributed by atoms with van der Waals surface area (Å²) in [6, 6.07) is 0. The normalized spacial score (nSPS) is 28.0. The molecule has 0 atom stereocenters. The van der Waals surface area contributed by atoms with Gasteiger partial charge in [-0.1, -0.05) is 20.4 Å². The van der Waals surface area contributed by atoms with E-state index in [4.69, 9.17) is 9.47 Å². The summed E-state index contributed by atoms with van der Waals surface area (Å²) in [6.45, 7) is 5.82. The molecule has 0 amide bonds. The van der Waals surface area contributed by atoms with Gasteiger partial charge < -0.3 is 14.2 Å². The van der Waals surface area contributed by atoms with Crippen molar-refractivity contribution in [3.05, 3.63) is 12.2 Å². The van der Waals surface area contributed by atoms with E-state index in [1.807, 2.05) is 0 Å². The highest BCUT2D eigenvalue weighted by molar-refractivity contribution is 5.87. The van der Waals surface area contributed by atoms with Crippen LogP contribution >= 0.6 is 0 Å². The van der Waals surface area contributed by atoms with E-state index in [9.17, 15) is 40.7 Å². The Bertz CT molecular complexity index is 893. The van der Waals surface area contributed by atoms with Crippen LogP contribution in [0.15, 0.2) is 12.2 Å². The van der Waals surface area contributed by atoms with Crippen LogP contribution in [-0.2, 0) is 28.6 Å². The predicted molar refractivity (Wildman–Crippen MR) is 112 cm³/mol. The molecule has 36 heavy (non-hydrogen) atoms. The van der Waals surface area contributed by atoms with Crippen molar-refractivity contribution in [1.82, 2.24) is 0 Å². The van der Waals surface area contributed by atoms with Crippen molar-refractivity contribution in [2.45, 2.75) is 82.7 Å². The average Bonchev–Trinajstić information content (AvgIpc) is 2.74. The molecule has 4 rings (SSSR count). The lowest BCUT2D eigenvalue weighted by Gasteiger charge is -2.55. The van der Waals surface area contributed by atoms with Crippen molar-refractivity contribution in [2.24, 2.45) is 23.2 Å². The van der Waals surface area contributed by atoms with E-state index in [2.05, 4.69) is 11.3 Å². The standard InChI is InChI=1S/C24H30F6O6/c1-13(2)17(31)34-11-20(3,4)12-35-18(32)22(25,26)24(29,30)23(27,28)19(33)36-21-8-14-5-15(9-21)7-16(6-14)10-21/h14-16H,1,5-12H2,2-4H3. The molecule has 0 N–H and O–H groups in total. The highest BCUT2D eigenvalue weighted by atomic mass is 19.3. The topological polar surface area (TPSA) is 78.9 Å². The van der Waals surface area contributed by atoms with Gasteiger partial charge in [0, 0.05) is 11.0 Å². The third-order valence-electron chi connectivity index (χ3n) is 7.13. The first-order valence-electron chi connectivity index (χ1n) is 11.7. The molecule has 0 spiro atoms. The van der Waals surface area contributed by atoms with Crippen LogP contribution < -0.4 is 0 Å². The van der Waals surface area contributed by atoms with Crippen LogP contribution in [0.5, 0.6) is 0 Å². The summed E-state index contributed by atoms with van der Waals surface area (Å²) in [4.78, 5) is 35.5. The Labute approximate surface area is 204 Å². The Morgan fingerprint density at radius 2 is 1.22 bits per heavy atom. The number of alkyl halides is 6. The fraction of sp³-hybridized carbons (Fsp3) is 0.792. The van der Waals surface area contributed by atoms with Crippen LogP contribution in [0, 0.1) is 23.2 Å². The highest BCUT2D eigenvalue weighted by Gasteiger charge is 2.80. The van der Waals surface area contributed by atoms with Gasteiger partial charge in [0.15, 0.2) is 0 Å². The molecule has 0 aliphatic heterocycles. The van der Waals surface area contributed by atoms with E-state index < -0.39 is 59.9 Å². The molecule has 4 bridgehead atoms. The second-order valence-corrected chi connectivity index (χ2v) is 11.3. The van der Waals surface area contributed by atoms with Crippen molar-refractivity contribution in [3.8, 4) is 0 Å². The number of hydrogen-bond acceptors (Lipinski definition) is 6. The molecule has 0 radical (unpaired) electrons. The second kappa shape index (κ2) is 9.24. The van der Waals surface area contributed by atoms with E-state index in [1.165, 1.54) is 20.8 Å². The summed E-state index contributed by atoms with van der Waals surface area (Å²) in [7, 11) is 0. The Morgan fingerprint density at radius 3 is 1.67 bits per heavy atom. The zero-order valence-electron chi connectivity index (χ0n) is 20.3. The van der Waals surface area contributed by atoms with Gasteiger partial charge in [-0.15, -0.1) is 0 Å². The summed E-state index contributed by atoms with van der Waals surface area (Å²) >= 11 is 0. The number of rotatable bonds is 10. The van der Waals surface area contributed by atoms with Crippen molar-refractivity contribution in [3.63, 3.8) is 0 Å². The van der Waals surface area contributed by atoms with Crippen molar-refractivity contribution < 1.29 is 54.9 Å². The Balaban J connectivity index is 1.66. The van der Waals surface area contributed by atoms with Gasteiger partial charge in [-0.3, -0.25) is 0 Å². The highest BCUT2D eigenvalue weighted by Crippen LogP contribution is 2.58. The lowest BCUT2D eigenvalue weighted by Crippen LogP contribution is -2.63. The van der Waals surface area contributed by atoms with Gasteiger partial charge in [0.25, 0.3) is 0 Å². The smallest absolute Gasteiger partial charge is 0.411 e. The summed E-state index contributed by atoms with van der Waals surface area (Å²) in [6.07, 6.45) is 3.14. The Morgan fingerprint density at radius 1 is 0.806 bits per heavy atom. The lowest BCUT2D eigenvalue weighted by atomic mass is 9.54. The minimum Gasteiger partial charge on any atom is -0.462 e. The van der Waals surface area contributed by atoms with Gasteiger partial charge in [-0.2, -0.15) is 26.3 Å². The van der Waals surface area contributed by atoms with Crippen LogP contribution in [0.3, 0.4) is 0 Å². The third kappa shape index (κ3) is 5.22. The van der Waals surface area contributed by atoms with E-state index in [-0.39, 0.29) is 42.6 Å². The molecule has 0 aromatic rings. The first kappa shape index (κ1) is 28.3.